The van der Waals surface area contributed by atoms with Gasteiger partial charge in [0.15, 0.2) is 11.3 Å². The standard InChI is InChI=1S/C22H20ClN3O4/c1-4-30-20(28)18-17-19(27)26(16-7-5-6-15(23)13(16)3)21(29)22(17,25-24-18)14-10-8-12(2)9-11-14/h5-11,17,25H,4H2,1-3H3/t17-,22+/m1/s1. The van der Waals surface area contributed by atoms with Gasteiger partial charge in [-0.3, -0.25) is 15.0 Å². The van der Waals surface area contributed by atoms with Crippen molar-refractivity contribution in [3.8, 4) is 0 Å². The molecule has 8 heteroatoms. The molecule has 0 saturated carbocycles. The van der Waals surface area contributed by atoms with Gasteiger partial charge in [-0.15, -0.1) is 0 Å². The van der Waals surface area contributed by atoms with E-state index in [0.29, 0.717) is 21.8 Å². The summed E-state index contributed by atoms with van der Waals surface area (Å²) >= 11 is 6.24. The van der Waals surface area contributed by atoms with Gasteiger partial charge in [0, 0.05) is 5.02 Å². The lowest BCUT2D eigenvalue weighted by Crippen LogP contribution is -2.48. The number of carbonyl (C=O) groups excluding carboxylic acids is 3. The number of anilines is 1. The second-order valence-electron chi connectivity index (χ2n) is 7.30. The number of aryl methyl sites for hydroxylation is 1. The Bertz CT molecular complexity index is 1100. The van der Waals surface area contributed by atoms with Gasteiger partial charge in [-0.2, -0.15) is 5.10 Å². The van der Waals surface area contributed by atoms with Crippen LogP contribution in [0, 0.1) is 19.8 Å². The number of ether oxygens (including phenoxy) is 1. The molecule has 1 saturated heterocycles. The molecule has 2 aliphatic heterocycles. The normalized spacial score (nSPS) is 22.6. The third-order valence-electron chi connectivity index (χ3n) is 5.54. The van der Waals surface area contributed by atoms with Crippen LogP contribution in [0.4, 0.5) is 5.69 Å². The number of benzene rings is 2. The highest BCUT2D eigenvalue weighted by molar-refractivity contribution is 6.47. The lowest BCUT2D eigenvalue weighted by molar-refractivity contribution is -0.136. The molecule has 2 aliphatic rings. The zero-order chi connectivity index (χ0) is 21.6. The zero-order valence-corrected chi connectivity index (χ0v) is 17.5. The summed E-state index contributed by atoms with van der Waals surface area (Å²) in [6.45, 7) is 5.45. The minimum Gasteiger partial charge on any atom is -0.461 e. The smallest absolute Gasteiger partial charge is 0.355 e. The monoisotopic (exact) mass is 425 g/mol. The molecule has 2 aromatic rings. The van der Waals surface area contributed by atoms with E-state index in [9.17, 15) is 14.4 Å². The van der Waals surface area contributed by atoms with E-state index in [2.05, 4.69) is 10.5 Å². The number of esters is 1. The van der Waals surface area contributed by atoms with Crippen LogP contribution in [0.2, 0.25) is 5.02 Å². The molecular weight excluding hydrogens is 406 g/mol. The predicted molar refractivity (Wildman–Crippen MR) is 112 cm³/mol. The maximum Gasteiger partial charge on any atom is 0.355 e. The van der Waals surface area contributed by atoms with E-state index in [0.717, 1.165) is 10.5 Å². The number of carbonyl (C=O) groups is 3. The molecule has 1 fully saturated rings. The number of imide groups is 1. The summed E-state index contributed by atoms with van der Waals surface area (Å²) in [6.07, 6.45) is 0. The quantitative estimate of drug-likeness (QED) is 0.601. The van der Waals surface area contributed by atoms with Crippen LogP contribution in [0.5, 0.6) is 0 Å². The summed E-state index contributed by atoms with van der Waals surface area (Å²) in [4.78, 5) is 41.0. The zero-order valence-electron chi connectivity index (χ0n) is 16.7. The van der Waals surface area contributed by atoms with Crippen molar-refractivity contribution in [1.29, 1.82) is 0 Å². The first-order chi connectivity index (χ1) is 14.3. The van der Waals surface area contributed by atoms with Gasteiger partial charge >= 0.3 is 5.97 Å². The molecule has 4 rings (SSSR count). The fourth-order valence-corrected chi connectivity index (χ4v) is 4.14. The van der Waals surface area contributed by atoms with Crippen LogP contribution in [0.25, 0.3) is 0 Å². The second-order valence-corrected chi connectivity index (χ2v) is 7.71. The maximum absolute atomic E-state index is 13.8. The van der Waals surface area contributed by atoms with Gasteiger partial charge in [-0.05, 0) is 44.0 Å². The van der Waals surface area contributed by atoms with Crippen LogP contribution in [-0.4, -0.2) is 30.1 Å². The first kappa shape index (κ1) is 20.1. The number of nitrogens with zero attached hydrogens (tertiary/aromatic N) is 2. The third-order valence-corrected chi connectivity index (χ3v) is 5.95. The van der Waals surface area contributed by atoms with E-state index in [-0.39, 0.29) is 12.3 Å². The molecule has 0 aliphatic carbocycles. The van der Waals surface area contributed by atoms with Gasteiger partial charge in [0.1, 0.15) is 5.92 Å². The molecule has 0 unspecified atom stereocenters. The van der Waals surface area contributed by atoms with Crippen molar-refractivity contribution in [2.24, 2.45) is 11.0 Å². The Morgan fingerprint density at radius 1 is 1.20 bits per heavy atom. The van der Waals surface area contributed by atoms with Crippen LogP contribution >= 0.6 is 11.6 Å². The highest BCUT2D eigenvalue weighted by Crippen LogP contribution is 2.46. The topological polar surface area (TPSA) is 88.1 Å². The van der Waals surface area contributed by atoms with Crippen LogP contribution in [0.15, 0.2) is 47.6 Å². The van der Waals surface area contributed by atoms with Crippen molar-refractivity contribution in [2.75, 3.05) is 11.5 Å². The Balaban J connectivity index is 1.90. The average Bonchev–Trinajstić information content (AvgIpc) is 3.22. The Labute approximate surface area is 178 Å². The predicted octanol–water partition coefficient (Wildman–Crippen LogP) is 2.86. The SMILES string of the molecule is CCOC(=O)C1=NN[C@]2(c3ccc(C)cc3)C(=O)N(c3cccc(Cl)c3C)C(=O)[C@@H]12. The third kappa shape index (κ3) is 2.73. The molecule has 0 radical (unpaired) electrons. The molecule has 0 spiro atoms. The molecular formula is C22H20ClN3O4. The number of halogens is 1. The maximum atomic E-state index is 13.8. The lowest BCUT2D eigenvalue weighted by atomic mass is 9.78. The molecule has 0 bridgehead atoms. The number of fused-ring (bicyclic) bond motifs is 1. The van der Waals surface area contributed by atoms with Gasteiger partial charge in [-0.1, -0.05) is 47.5 Å². The fraction of sp³-hybridized carbons (Fsp3) is 0.273. The van der Waals surface area contributed by atoms with Crippen molar-refractivity contribution in [2.45, 2.75) is 26.3 Å². The summed E-state index contributed by atoms with van der Waals surface area (Å²) < 4.78 is 5.09. The Kier molecular flexibility index (Phi) is 4.86. The van der Waals surface area contributed by atoms with Gasteiger partial charge < -0.3 is 4.74 Å². The number of hydrogen-bond acceptors (Lipinski definition) is 6. The average molecular weight is 426 g/mol. The Morgan fingerprint density at radius 2 is 1.90 bits per heavy atom. The summed E-state index contributed by atoms with van der Waals surface area (Å²) in [5.74, 6) is -2.95. The largest absolute Gasteiger partial charge is 0.461 e. The van der Waals surface area contributed by atoms with Crippen molar-refractivity contribution in [3.63, 3.8) is 0 Å². The first-order valence-corrected chi connectivity index (χ1v) is 9.93. The van der Waals surface area contributed by atoms with Crippen LogP contribution < -0.4 is 10.3 Å². The molecule has 2 aromatic carbocycles. The van der Waals surface area contributed by atoms with Crippen LogP contribution in [-0.2, 0) is 24.7 Å². The lowest BCUT2D eigenvalue weighted by Gasteiger charge is -2.26. The van der Waals surface area contributed by atoms with Crippen LogP contribution in [0.1, 0.15) is 23.6 Å². The van der Waals surface area contributed by atoms with Crippen LogP contribution in [0.3, 0.4) is 0 Å². The summed E-state index contributed by atoms with van der Waals surface area (Å²) in [5, 5.41) is 4.51. The van der Waals surface area contributed by atoms with E-state index < -0.39 is 29.2 Å². The number of amides is 2. The van der Waals surface area contributed by atoms with E-state index in [1.54, 1.807) is 44.2 Å². The van der Waals surface area contributed by atoms with Gasteiger partial charge in [0.25, 0.3) is 5.91 Å². The first-order valence-electron chi connectivity index (χ1n) is 9.55. The second kappa shape index (κ2) is 7.25. The van der Waals surface area contributed by atoms with Crippen molar-refractivity contribution in [3.05, 3.63) is 64.2 Å². The van der Waals surface area contributed by atoms with Gasteiger partial charge in [0.05, 0.1) is 12.3 Å². The van der Waals surface area contributed by atoms with Gasteiger partial charge in [-0.25, -0.2) is 9.69 Å². The molecule has 2 atom stereocenters. The Morgan fingerprint density at radius 3 is 2.57 bits per heavy atom. The van der Waals surface area contributed by atoms with E-state index >= 15 is 0 Å². The molecule has 2 amide bonds. The minimum absolute atomic E-state index is 0.113. The van der Waals surface area contributed by atoms with E-state index in [4.69, 9.17) is 16.3 Å². The molecule has 154 valence electrons. The fourth-order valence-electron chi connectivity index (χ4n) is 3.97. The van der Waals surface area contributed by atoms with E-state index in [1.165, 1.54) is 0 Å². The molecule has 2 heterocycles. The summed E-state index contributed by atoms with van der Waals surface area (Å²) in [5.41, 5.74) is 3.68. The molecule has 30 heavy (non-hydrogen) atoms. The highest BCUT2D eigenvalue weighted by atomic mass is 35.5. The number of rotatable bonds is 4. The van der Waals surface area contributed by atoms with Gasteiger partial charge in [0.2, 0.25) is 5.91 Å². The van der Waals surface area contributed by atoms with E-state index in [1.807, 2.05) is 19.1 Å². The number of nitrogens with one attached hydrogen (secondary N) is 1. The minimum atomic E-state index is -1.53. The molecule has 7 nitrogen and oxygen atoms in total. The summed E-state index contributed by atoms with van der Waals surface area (Å²) in [6, 6.07) is 12.2. The van der Waals surface area contributed by atoms with Crippen molar-refractivity contribution in [1.82, 2.24) is 5.43 Å². The van der Waals surface area contributed by atoms with Crippen molar-refractivity contribution < 1.29 is 19.1 Å². The Hall–Kier alpha value is -3.19. The van der Waals surface area contributed by atoms with Crippen molar-refractivity contribution >= 4 is 40.8 Å². The number of hydrogen-bond donors (Lipinski definition) is 1. The molecule has 1 N–H and O–H groups in total. The summed E-state index contributed by atoms with van der Waals surface area (Å²) in [7, 11) is 0. The number of hydrazone groups is 1. The molecule has 0 aromatic heterocycles. The highest BCUT2D eigenvalue weighted by Gasteiger charge is 2.67.